The lowest BCUT2D eigenvalue weighted by Crippen LogP contribution is -2.25. The van der Waals surface area contributed by atoms with Gasteiger partial charge in [0, 0.05) is 4.88 Å². The summed E-state index contributed by atoms with van der Waals surface area (Å²) in [6, 6.07) is 10.8. The van der Waals surface area contributed by atoms with E-state index in [0.717, 1.165) is 11.6 Å². The van der Waals surface area contributed by atoms with Gasteiger partial charge in [0.1, 0.15) is 0 Å². The van der Waals surface area contributed by atoms with Crippen LogP contribution in [-0.2, 0) is 5.41 Å². The van der Waals surface area contributed by atoms with Crippen LogP contribution in [0, 0.1) is 0 Å². The molecule has 0 saturated carbocycles. The van der Waals surface area contributed by atoms with Crippen molar-refractivity contribution in [1.82, 2.24) is 5.32 Å². The summed E-state index contributed by atoms with van der Waals surface area (Å²) in [5.74, 6) is 0. The molecule has 0 saturated heterocycles. The van der Waals surface area contributed by atoms with Crippen LogP contribution < -0.4 is 5.32 Å². The SMILES string of the molecule is CCNC(c1ccccc1C(C)(C)C)c1sccc1Cl. The van der Waals surface area contributed by atoms with Crippen molar-refractivity contribution < 1.29 is 0 Å². The average Bonchev–Trinajstić information content (AvgIpc) is 2.81. The number of hydrogen-bond donors (Lipinski definition) is 1. The predicted molar refractivity (Wildman–Crippen MR) is 90.0 cm³/mol. The molecule has 3 heteroatoms. The minimum absolute atomic E-state index is 0.119. The number of nitrogens with one attached hydrogen (secondary N) is 1. The molecule has 0 aliphatic heterocycles. The minimum Gasteiger partial charge on any atom is -0.306 e. The molecule has 1 N–H and O–H groups in total. The smallest absolute Gasteiger partial charge is 0.0688 e. The number of hydrogen-bond acceptors (Lipinski definition) is 2. The molecule has 0 spiro atoms. The van der Waals surface area contributed by atoms with Crippen LogP contribution >= 0.6 is 22.9 Å². The lowest BCUT2D eigenvalue weighted by atomic mass is 9.81. The molecular weight excluding hydrogens is 286 g/mol. The van der Waals surface area contributed by atoms with E-state index in [9.17, 15) is 0 Å². The number of halogens is 1. The first-order chi connectivity index (χ1) is 9.45. The predicted octanol–water partition coefficient (Wildman–Crippen LogP) is 5.40. The second-order valence-electron chi connectivity index (χ2n) is 5.96. The topological polar surface area (TPSA) is 12.0 Å². The Kier molecular flexibility index (Phi) is 4.90. The van der Waals surface area contributed by atoms with Gasteiger partial charge in [-0.05, 0) is 34.5 Å². The quantitative estimate of drug-likeness (QED) is 0.797. The Balaban J connectivity index is 2.54. The lowest BCUT2D eigenvalue weighted by Gasteiger charge is -2.27. The molecule has 1 atom stereocenters. The zero-order valence-corrected chi connectivity index (χ0v) is 14.1. The van der Waals surface area contributed by atoms with Gasteiger partial charge in [-0.3, -0.25) is 0 Å². The van der Waals surface area contributed by atoms with Crippen LogP contribution in [0.5, 0.6) is 0 Å². The van der Waals surface area contributed by atoms with Crippen molar-refractivity contribution in [3.05, 3.63) is 56.7 Å². The van der Waals surface area contributed by atoms with E-state index in [0.29, 0.717) is 0 Å². The first-order valence-corrected chi connectivity index (χ1v) is 8.26. The maximum atomic E-state index is 6.36. The van der Waals surface area contributed by atoms with Crippen molar-refractivity contribution >= 4 is 22.9 Å². The summed E-state index contributed by atoms with van der Waals surface area (Å²) < 4.78 is 0. The van der Waals surface area contributed by atoms with Crippen LogP contribution in [-0.4, -0.2) is 6.54 Å². The van der Waals surface area contributed by atoms with Crippen molar-refractivity contribution in [2.75, 3.05) is 6.54 Å². The molecular formula is C17H22ClNS. The molecule has 0 aliphatic rings. The summed E-state index contributed by atoms with van der Waals surface area (Å²) in [4.78, 5) is 1.20. The van der Waals surface area contributed by atoms with E-state index in [-0.39, 0.29) is 11.5 Å². The van der Waals surface area contributed by atoms with Gasteiger partial charge in [0.25, 0.3) is 0 Å². The molecule has 0 amide bonds. The number of benzene rings is 1. The summed E-state index contributed by atoms with van der Waals surface area (Å²) >= 11 is 8.07. The number of thiophene rings is 1. The fourth-order valence-electron chi connectivity index (χ4n) is 2.49. The van der Waals surface area contributed by atoms with Gasteiger partial charge >= 0.3 is 0 Å². The van der Waals surface area contributed by atoms with Gasteiger partial charge in [-0.15, -0.1) is 11.3 Å². The molecule has 1 heterocycles. The molecule has 2 rings (SSSR count). The molecule has 108 valence electrons. The van der Waals surface area contributed by atoms with E-state index in [1.807, 2.05) is 6.07 Å². The Labute approximate surface area is 131 Å². The van der Waals surface area contributed by atoms with Crippen LogP contribution in [0.4, 0.5) is 0 Å². The molecule has 1 aromatic heterocycles. The summed E-state index contributed by atoms with van der Waals surface area (Å²) in [5.41, 5.74) is 2.81. The van der Waals surface area contributed by atoms with Gasteiger partial charge in [-0.1, -0.05) is 63.6 Å². The van der Waals surface area contributed by atoms with Gasteiger partial charge in [0.05, 0.1) is 11.1 Å². The fraction of sp³-hybridized carbons (Fsp3) is 0.412. The monoisotopic (exact) mass is 307 g/mol. The third-order valence-corrected chi connectivity index (χ3v) is 4.82. The van der Waals surface area contributed by atoms with Crippen molar-refractivity contribution in [2.24, 2.45) is 0 Å². The second kappa shape index (κ2) is 6.30. The minimum atomic E-state index is 0.119. The van der Waals surface area contributed by atoms with Gasteiger partial charge in [0.15, 0.2) is 0 Å². The Morgan fingerprint density at radius 1 is 1.20 bits per heavy atom. The van der Waals surface area contributed by atoms with Crippen molar-refractivity contribution in [1.29, 1.82) is 0 Å². The second-order valence-corrected chi connectivity index (χ2v) is 7.32. The van der Waals surface area contributed by atoms with E-state index in [4.69, 9.17) is 11.6 Å². The largest absolute Gasteiger partial charge is 0.306 e. The van der Waals surface area contributed by atoms with Crippen LogP contribution in [0.25, 0.3) is 0 Å². The third kappa shape index (κ3) is 3.25. The van der Waals surface area contributed by atoms with Crippen molar-refractivity contribution in [2.45, 2.75) is 39.2 Å². The molecule has 20 heavy (non-hydrogen) atoms. The molecule has 0 radical (unpaired) electrons. The van der Waals surface area contributed by atoms with Crippen molar-refractivity contribution in [3.8, 4) is 0 Å². The highest BCUT2D eigenvalue weighted by Crippen LogP contribution is 2.37. The number of rotatable bonds is 4. The molecule has 2 aromatic rings. The summed E-state index contributed by atoms with van der Waals surface area (Å²) in [6.07, 6.45) is 0. The van der Waals surface area contributed by atoms with Crippen LogP contribution in [0.15, 0.2) is 35.7 Å². The van der Waals surface area contributed by atoms with Crippen molar-refractivity contribution in [3.63, 3.8) is 0 Å². The van der Waals surface area contributed by atoms with Crippen LogP contribution in [0.3, 0.4) is 0 Å². The van der Waals surface area contributed by atoms with Crippen LogP contribution in [0.2, 0.25) is 5.02 Å². The molecule has 1 aromatic carbocycles. The van der Waals surface area contributed by atoms with E-state index in [1.54, 1.807) is 11.3 Å². The van der Waals surface area contributed by atoms with Crippen LogP contribution in [0.1, 0.15) is 49.7 Å². The highest BCUT2D eigenvalue weighted by Gasteiger charge is 2.25. The lowest BCUT2D eigenvalue weighted by molar-refractivity contribution is 0.559. The Morgan fingerprint density at radius 3 is 2.45 bits per heavy atom. The summed E-state index contributed by atoms with van der Waals surface area (Å²) in [7, 11) is 0. The normalized spacial score (nSPS) is 13.4. The Bertz CT molecular complexity index is 568. The van der Waals surface area contributed by atoms with E-state index in [2.05, 4.69) is 62.7 Å². The Hall–Kier alpha value is -0.830. The van der Waals surface area contributed by atoms with Gasteiger partial charge in [-0.25, -0.2) is 0 Å². The third-order valence-electron chi connectivity index (χ3n) is 3.40. The highest BCUT2D eigenvalue weighted by molar-refractivity contribution is 7.10. The van der Waals surface area contributed by atoms with Gasteiger partial charge in [0.2, 0.25) is 0 Å². The molecule has 0 fully saturated rings. The average molecular weight is 308 g/mol. The first-order valence-electron chi connectivity index (χ1n) is 7.00. The summed E-state index contributed by atoms with van der Waals surface area (Å²) in [6.45, 7) is 9.81. The zero-order chi connectivity index (χ0) is 14.8. The zero-order valence-electron chi connectivity index (χ0n) is 12.5. The maximum Gasteiger partial charge on any atom is 0.0688 e. The highest BCUT2D eigenvalue weighted by atomic mass is 35.5. The summed E-state index contributed by atoms with van der Waals surface area (Å²) in [5, 5.41) is 6.49. The maximum absolute atomic E-state index is 6.36. The first kappa shape index (κ1) is 15.6. The van der Waals surface area contributed by atoms with E-state index < -0.39 is 0 Å². The van der Waals surface area contributed by atoms with Gasteiger partial charge in [-0.2, -0.15) is 0 Å². The standard InChI is InChI=1S/C17H22ClNS/c1-5-19-15(16-14(18)10-11-20-16)12-8-6-7-9-13(12)17(2,3)4/h6-11,15,19H,5H2,1-4H3. The van der Waals surface area contributed by atoms with E-state index in [1.165, 1.54) is 16.0 Å². The fourth-order valence-corrected chi connectivity index (χ4v) is 3.75. The molecule has 0 bridgehead atoms. The van der Waals surface area contributed by atoms with E-state index >= 15 is 0 Å². The Morgan fingerprint density at radius 2 is 1.90 bits per heavy atom. The van der Waals surface area contributed by atoms with Gasteiger partial charge < -0.3 is 5.32 Å². The molecule has 1 nitrogen and oxygen atoms in total. The molecule has 0 aliphatic carbocycles. The molecule has 1 unspecified atom stereocenters.